The third-order valence-electron chi connectivity index (χ3n) is 4.08. The highest BCUT2D eigenvalue weighted by Crippen LogP contribution is 2.27. The van der Waals surface area contributed by atoms with Gasteiger partial charge in [-0.05, 0) is 47.5 Å². The lowest BCUT2D eigenvalue weighted by atomic mass is 10.0. The molecule has 4 nitrogen and oxygen atoms in total. The van der Waals surface area contributed by atoms with Gasteiger partial charge in [0.1, 0.15) is 0 Å². The number of hydrogen-bond donors (Lipinski definition) is 1. The quantitative estimate of drug-likeness (QED) is 0.566. The van der Waals surface area contributed by atoms with E-state index < -0.39 is 0 Å². The molecular weight excluding hydrogens is 310 g/mol. The Kier molecular flexibility index (Phi) is 4.01. The van der Waals surface area contributed by atoms with E-state index >= 15 is 0 Å². The molecule has 0 spiro atoms. The van der Waals surface area contributed by atoms with Gasteiger partial charge in [-0.2, -0.15) is 0 Å². The maximum absolute atomic E-state index is 5.83. The smallest absolute Gasteiger partial charge is 0.248 e. The number of hydrogen-bond acceptors (Lipinski definition) is 4. The summed E-state index contributed by atoms with van der Waals surface area (Å²) in [5.41, 5.74) is 5.19. The van der Waals surface area contributed by atoms with Gasteiger partial charge in [-0.25, -0.2) is 0 Å². The van der Waals surface area contributed by atoms with Crippen LogP contribution in [0.5, 0.6) is 0 Å². The van der Waals surface area contributed by atoms with E-state index in [1.54, 1.807) is 0 Å². The van der Waals surface area contributed by atoms with Crippen LogP contribution in [-0.4, -0.2) is 17.2 Å². The molecule has 0 aliphatic carbocycles. The van der Waals surface area contributed by atoms with E-state index in [1.807, 2.05) is 61.6 Å². The normalized spacial score (nSPS) is 10.6. The summed E-state index contributed by atoms with van der Waals surface area (Å²) in [6.07, 6.45) is 0. The predicted octanol–water partition coefficient (Wildman–Crippen LogP) is 5.11. The first kappa shape index (κ1) is 15.1. The molecule has 0 saturated heterocycles. The van der Waals surface area contributed by atoms with E-state index in [2.05, 4.69) is 39.8 Å². The third kappa shape index (κ3) is 3.15. The summed E-state index contributed by atoms with van der Waals surface area (Å²) < 4.78 is 5.83. The highest BCUT2D eigenvalue weighted by atomic mass is 16.4. The minimum Gasteiger partial charge on any atom is -0.416 e. The molecule has 0 radical (unpaired) electrons. The molecule has 0 unspecified atom stereocenters. The molecule has 4 aromatic rings. The molecular formula is C21H17N3O. The monoisotopic (exact) mass is 327 g/mol. The maximum Gasteiger partial charge on any atom is 0.248 e. The molecule has 0 atom stereocenters. The fraction of sp³-hybridized carbons (Fsp3) is 0.0476. The van der Waals surface area contributed by atoms with Crippen LogP contribution in [0.1, 0.15) is 0 Å². The number of nitrogens with zero attached hydrogens (tertiary/aromatic N) is 2. The van der Waals surface area contributed by atoms with Crippen molar-refractivity contribution in [1.82, 2.24) is 10.2 Å². The molecule has 122 valence electrons. The number of rotatable bonds is 4. The van der Waals surface area contributed by atoms with Gasteiger partial charge in [0, 0.05) is 23.9 Å². The van der Waals surface area contributed by atoms with E-state index in [9.17, 15) is 0 Å². The first-order valence-corrected chi connectivity index (χ1v) is 8.11. The zero-order chi connectivity index (χ0) is 17.1. The SMILES string of the molecule is CNc1ccc(-c2nnc(-c3ccc(-c4ccccc4)cc3)o2)cc1. The Morgan fingerprint density at radius 2 is 1.08 bits per heavy atom. The third-order valence-corrected chi connectivity index (χ3v) is 4.08. The lowest BCUT2D eigenvalue weighted by Gasteiger charge is -2.02. The molecule has 25 heavy (non-hydrogen) atoms. The van der Waals surface area contributed by atoms with Gasteiger partial charge < -0.3 is 9.73 Å². The molecule has 1 heterocycles. The van der Waals surface area contributed by atoms with Gasteiger partial charge in [-0.3, -0.25) is 0 Å². The largest absolute Gasteiger partial charge is 0.416 e. The van der Waals surface area contributed by atoms with Crippen LogP contribution in [0, 0.1) is 0 Å². The molecule has 3 aromatic carbocycles. The van der Waals surface area contributed by atoms with Crippen molar-refractivity contribution in [3.63, 3.8) is 0 Å². The Balaban J connectivity index is 1.59. The van der Waals surface area contributed by atoms with E-state index in [0.29, 0.717) is 11.8 Å². The average molecular weight is 327 g/mol. The molecule has 0 bridgehead atoms. The van der Waals surface area contributed by atoms with Gasteiger partial charge in [0.2, 0.25) is 11.8 Å². The molecule has 0 amide bonds. The van der Waals surface area contributed by atoms with Crippen molar-refractivity contribution in [3.05, 3.63) is 78.9 Å². The second kappa shape index (κ2) is 6.61. The van der Waals surface area contributed by atoms with Crippen molar-refractivity contribution in [1.29, 1.82) is 0 Å². The summed E-state index contributed by atoms with van der Waals surface area (Å²) in [5, 5.41) is 11.4. The summed E-state index contributed by atoms with van der Waals surface area (Å²) in [7, 11) is 1.89. The van der Waals surface area contributed by atoms with Crippen LogP contribution in [0.25, 0.3) is 34.0 Å². The number of aromatic nitrogens is 2. The second-order valence-corrected chi connectivity index (χ2v) is 5.68. The van der Waals surface area contributed by atoms with Crippen molar-refractivity contribution < 1.29 is 4.42 Å². The highest BCUT2D eigenvalue weighted by molar-refractivity contribution is 5.67. The molecule has 0 fully saturated rings. The van der Waals surface area contributed by atoms with Crippen molar-refractivity contribution in [2.24, 2.45) is 0 Å². The molecule has 0 aliphatic rings. The van der Waals surface area contributed by atoms with Crippen LogP contribution in [-0.2, 0) is 0 Å². The van der Waals surface area contributed by atoms with Crippen LogP contribution in [0.4, 0.5) is 5.69 Å². The first-order chi connectivity index (χ1) is 12.3. The van der Waals surface area contributed by atoms with Gasteiger partial charge in [0.25, 0.3) is 0 Å². The molecule has 4 heteroatoms. The maximum atomic E-state index is 5.83. The summed E-state index contributed by atoms with van der Waals surface area (Å²) in [4.78, 5) is 0. The van der Waals surface area contributed by atoms with Gasteiger partial charge in [-0.15, -0.1) is 10.2 Å². The molecule has 1 aromatic heterocycles. The average Bonchev–Trinajstić information content (AvgIpc) is 3.19. The lowest BCUT2D eigenvalue weighted by molar-refractivity contribution is 0.584. The van der Waals surface area contributed by atoms with Gasteiger partial charge >= 0.3 is 0 Å². The first-order valence-electron chi connectivity index (χ1n) is 8.11. The minimum atomic E-state index is 0.518. The highest BCUT2D eigenvalue weighted by Gasteiger charge is 2.10. The molecule has 1 N–H and O–H groups in total. The van der Waals surface area contributed by atoms with Crippen molar-refractivity contribution in [2.45, 2.75) is 0 Å². The Labute approximate surface area is 146 Å². The van der Waals surface area contributed by atoms with E-state index in [4.69, 9.17) is 4.42 Å². The second-order valence-electron chi connectivity index (χ2n) is 5.68. The fourth-order valence-electron chi connectivity index (χ4n) is 2.67. The Morgan fingerprint density at radius 1 is 0.600 bits per heavy atom. The van der Waals surface area contributed by atoms with Crippen LogP contribution >= 0.6 is 0 Å². The molecule has 4 rings (SSSR count). The zero-order valence-electron chi connectivity index (χ0n) is 13.8. The number of benzene rings is 3. The van der Waals surface area contributed by atoms with Crippen molar-refractivity contribution >= 4 is 5.69 Å². The minimum absolute atomic E-state index is 0.518. The Bertz CT molecular complexity index is 958. The fourth-order valence-corrected chi connectivity index (χ4v) is 2.67. The van der Waals surface area contributed by atoms with Crippen molar-refractivity contribution in [3.8, 4) is 34.0 Å². The van der Waals surface area contributed by atoms with Crippen molar-refractivity contribution in [2.75, 3.05) is 12.4 Å². The summed E-state index contributed by atoms with van der Waals surface area (Å²) in [5.74, 6) is 1.04. The zero-order valence-corrected chi connectivity index (χ0v) is 13.8. The van der Waals surface area contributed by atoms with E-state index in [0.717, 1.165) is 22.4 Å². The number of anilines is 1. The van der Waals surface area contributed by atoms with Crippen LogP contribution < -0.4 is 5.32 Å². The molecule has 0 saturated carbocycles. The van der Waals surface area contributed by atoms with Gasteiger partial charge in [0.15, 0.2) is 0 Å². The summed E-state index contributed by atoms with van der Waals surface area (Å²) in [6, 6.07) is 26.3. The molecule has 0 aliphatic heterocycles. The van der Waals surface area contributed by atoms with Crippen LogP contribution in [0.2, 0.25) is 0 Å². The van der Waals surface area contributed by atoms with Gasteiger partial charge in [0.05, 0.1) is 0 Å². The van der Waals surface area contributed by atoms with E-state index in [-0.39, 0.29) is 0 Å². The lowest BCUT2D eigenvalue weighted by Crippen LogP contribution is -1.86. The Hall–Kier alpha value is -3.40. The van der Waals surface area contributed by atoms with E-state index in [1.165, 1.54) is 5.56 Å². The van der Waals surface area contributed by atoms with Crippen LogP contribution in [0.3, 0.4) is 0 Å². The Morgan fingerprint density at radius 3 is 1.64 bits per heavy atom. The number of nitrogens with one attached hydrogen (secondary N) is 1. The predicted molar refractivity (Wildman–Crippen MR) is 100 cm³/mol. The van der Waals surface area contributed by atoms with Gasteiger partial charge in [-0.1, -0.05) is 42.5 Å². The summed E-state index contributed by atoms with van der Waals surface area (Å²) in [6.45, 7) is 0. The summed E-state index contributed by atoms with van der Waals surface area (Å²) >= 11 is 0. The standard InChI is InChI=1S/C21H17N3O/c1-22-19-13-11-18(12-14-19)21-24-23-20(25-21)17-9-7-16(8-10-17)15-5-3-2-4-6-15/h2-14,22H,1H3. The topological polar surface area (TPSA) is 51.0 Å². The van der Waals surface area contributed by atoms with Crippen LogP contribution in [0.15, 0.2) is 83.3 Å².